The number of amides is 2. The van der Waals surface area contributed by atoms with Gasteiger partial charge in [0.25, 0.3) is 0 Å². The number of aliphatic hydroxyl groups is 1. The van der Waals surface area contributed by atoms with E-state index in [1.165, 1.54) is 7.05 Å². The van der Waals surface area contributed by atoms with Crippen LogP contribution in [0.4, 0.5) is 4.79 Å². The number of rotatable bonds is 11. The van der Waals surface area contributed by atoms with Crippen molar-refractivity contribution in [2.24, 2.45) is 11.1 Å². The molecule has 1 aromatic heterocycles. The number of pyridine rings is 1. The highest BCUT2D eigenvalue weighted by atomic mass is 16.4. The number of carboxylic acid groups (broad SMARTS) is 1. The minimum Gasteiger partial charge on any atom is -0.465 e. The minimum atomic E-state index is -1.18. The number of aliphatic hydroxyl groups excluding tert-OH is 1. The first kappa shape index (κ1) is 29.8. The van der Waals surface area contributed by atoms with E-state index in [0.717, 1.165) is 27.3 Å². The second-order valence-electron chi connectivity index (χ2n) is 11.1. The van der Waals surface area contributed by atoms with Crippen molar-refractivity contribution in [3.8, 4) is 11.3 Å². The minimum absolute atomic E-state index is 0.218. The molecule has 1 heterocycles. The van der Waals surface area contributed by atoms with Gasteiger partial charge in [-0.2, -0.15) is 0 Å². The topological polar surface area (TPSA) is 129 Å². The summed E-state index contributed by atoms with van der Waals surface area (Å²) in [7, 11) is 1.40. The summed E-state index contributed by atoms with van der Waals surface area (Å²) in [5.41, 5.74) is 9.54. The van der Waals surface area contributed by atoms with Gasteiger partial charge in [0.1, 0.15) is 6.04 Å². The largest absolute Gasteiger partial charge is 0.465 e. The standard InChI is InChI=1S/C31H40N4O4/c1-31(2,3)28(35(4)30(38)39)29(37)34-24(20-27(36)25(32)19-21-10-6-5-7-11-21)18-22-13-15-23(16-14-22)26-12-8-9-17-33-26/h5-17,24-25,27-28,36H,18-20,32H2,1-4H3,(H,34,37)(H,38,39)/t24-,25-,27+,28+/m0/s1. The van der Waals surface area contributed by atoms with Crippen LogP contribution in [0, 0.1) is 5.41 Å². The third kappa shape index (κ3) is 8.63. The summed E-state index contributed by atoms with van der Waals surface area (Å²) in [6.07, 6.45) is 0.833. The first-order valence-electron chi connectivity index (χ1n) is 13.2. The maximum absolute atomic E-state index is 13.5. The van der Waals surface area contributed by atoms with E-state index in [1.54, 1.807) is 6.20 Å². The number of aromatic nitrogens is 1. The highest BCUT2D eigenvalue weighted by Crippen LogP contribution is 2.25. The number of carbonyl (C=O) groups excluding carboxylic acids is 1. The second-order valence-corrected chi connectivity index (χ2v) is 11.1. The van der Waals surface area contributed by atoms with Gasteiger partial charge in [0.05, 0.1) is 11.8 Å². The van der Waals surface area contributed by atoms with Crippen LogP contribution >= 0.6 is 0 Å². The molecule has 3 rings (SSSR count). The maximum atomic E-state index is 13.5. The molecule has 0 saturated heterocycles. The first-order valence-corrected chi connectivity index (χ1v) is 13.2. The van der Waals surface area contributed by atoms with E-state index in [0.29, 0.717) is 12.8 Å². The number of nitrogens with zero attached hydrogens (tertiary/aromatic N) is 2. The molecule has 2 amide bonds. The summed E-state index contributed by atoms with van der Waals surface area (Å²) in [4.78, 5) is 30.6. The predicted octanol–water partition coefficient (Wildman–Crippen LogP) is 4.12. The van der Waals surface area contributed by atoms with Gasteiger partial charge in [-0.1, -0.05) is 81.4 Å². The molecule has 0 saturated carbocycles. The number of benzene rings is 2. The quantitative estimate of drug-likeness (QED) is 0.294. The third-order valence-corrected chi connectivity index (χ3v) is 6.84. The van der Waals surface area contributed by atoms with Crippen molar-refractivity contribution in [3.63, 3.8) is 0 Å². The molecule has 0 unspecified atom stereocenters. The van der Waals surface area contributed by atoms with Crippen LogP contribution in [0.15, 0.2) is 79.0 Å². The summed E-state index contributed by atoms with van der Waals surface area (Å²) in [5.74, 6) is -0.411. The molecule has 3 aromatic rings. The van der Waals surface area contributed by atoms with Gasteiger partial charge < -0.3 is 21.3 Å². The molecule has 208 valence electrons. The van der Waals surface area contributed by atoms with Gasteiger partial charge >= 0.3 is 6.09 Å². The Morgan fingerprint density at radius 2 is 1.56 bits per heavy atom. The van der Waals surface area contributed by atoms with Crippen LogP contribution in [0.5, 0.6) is 0 Å². The van der Waals surface area contributed by atoms with Gasteiger partial charge in [-0.3, -0.25) is 14.7 Å². The molecule has 4 atom stereocenters. The third-order valence-electron chi connectivity index (χ3n) is 6.84. The number of nitrogens with two attached hydrogens (primary N) is 1. The van der Waals surface area contributed by atoms with Crippen LogP contribution in [0.2, 0.25) is 0 Å². The number of hydrogen-bond acceptors (Lipinski definition) is 5. The first-order chi connectivity index (χ1) is 18.5. The zero-order chi connectivity index (χ0) is 28.6. The molecule has 8 heteroatoms. The molecule has 0 spiro atoms. The van der Waals surface area contributed by atoms with E-state index in [9.17, 15) is 19.8 Å². The Balaban J connectivity index is 1.80. The van der Waals surface area contributed by atoms with Gasteiger partial charge in [0.2, 0.25) is 5.91 Å². The summed E-state index contributed by atoms with van der Waals surface area (Å²) in [6.45, 7) is 5.48. The Kier molecular flexibility index (Phi) is 10.2. The normalized spacial score (nSPS) is 14.6. The van der Waals surface area contributed by atoms with E-state index in [2.05, 4.69) is 10.3 Å². The lowest BCUT2D eigenvalue weighted by Gasteiger charge is -2.36. The monoisotopic (exact) mass is 532 g/mol. The number of likely N-dealkylation sites (N-methyl/N-ethyl adjacent to an activating group) is 1. The fraction of sp³-hybridized carbons (Fsp3) is 0.387. The van der Waals surface area contributed by atoms with Gasteiger partial charge in [-0.25, -0.2) is 4.79 Å². The molecule has 0 aliphatic carbocycles. The molecular weight excluding hydrogens is 492 g/mol. The summed E-state index contributed by atoms with van der Waals surface area (Å²) in [6, 6.07) is 21.4. The van der Waals surface area contributed by atoms with E-state index < -0.39 is 41.6 Å². The van der Waals surface area contributed by atoms with Crippen LogP contribution in [0.3, 0.4) is 0 Å². The lowest BCUT2D eigenvalue weighted by atomic mass is 9.84. The lowest BCUT2D eigenvalue weighted by Crippen LogP contribution is -2.56. The molecule has 0 bridgehead atoms. The number of carbonyl (C=O) groups is 2. The highest BCUT2D eigenvalue weighted by molar-refractivity contribution is 5.86. The SMILES string of the molecule is CN(C(=O)O)[C@H](C(=O)N[C@@H](Cc1ccc(-c2ccccn2)cc1)C[C@@H](O)[C@@H](N)Cc1ccccc1)C(C)(C)C. The Morgan fingerprint density at radius 3 is 2.13 bits per heavy atom. The van der Waals surface area contributed by atoms with Crippen LogP contribution in [0.1, 0.15) is 38.3 Å². The summed E-state index contributed by atoms with van der Waals surface area (Å²) < 4.78 is 0. The molecule has 8 nitrogen and oxygen atoms in total. The molecular formula is C31H40N4O4. The smallest absolute Gasteiger partial charge is 0.407 e. The van der Waals surface area contributed by atoms with Gasteiger partial charge in [-0.05, 0) is 47.9 Å². The number of nitrogens with one attached hydrogen (secondary N) is 1. The fourth-order valence-electron chi connectivity index (χ4n) is 4.85. The van der Waals surface area contributed by atoms with Gasteiger partial charge in [0.15, 0.2) is 0 Å². The molecule has 5 N–H and O–H groups in total. The van der Waals surface area contributed by atoms with Crippen LogP contribution in [-0.2, 0) is 17.6 Å². The average Bonchev–Trinajstić information content (AvgIpc) is 2.89. The van der Waals surface area contributed by atoms with Crippen molar-refractivity contribution in [1.29, 1.82) is 0 Å². The summed E-state index contributed by atoms with van der Waals surface area (Å²) in [5, 5.41) is 23.7. The molecule has 0 radical (unpaired) electrons. The Labute approximate surface area is 230 Å². The molecule has 2 aromatic carbocycles. The van der Waals surface area contributed by atoms with Crippen molar-refractivity contribution in [2.75, 3.05) is 7.05 Å². The van der Waals surface area contributed by atoms with Crippen LogP contribution in [-0.4, -0.2) is 63.4 Å². The van der Waals surface area contributed by atoms with Crippen molar-refractivity contribution in [1.82, 2.24) is 15.2 Å². The molecule has 0 aliphatic rings. The van der Waals surface area contributed by atoms with Crippen LogP contribution in [0.25, 0.3) is 11.3 Å². The van der Waals surface area contributed by atoms with Gasteiger partial charge in [0, 0.05) is 30.9 Å². The van der Waals surface area contributed by atoms with Crippen molar-refractivity contribution in [2.45, 2.75) is 64.3 Å². The zero-order valence-electron chi connectivity index (χ0n) is 23.1. The highest BCUT2D eigenvalue weighted by Gasteiger charge is 2.38. The van der Waals surface area contributed by atoms with Crippen molar-refractivity contribution < 1.29 is 19.8 Å². The van der Waals surface area contributed by atoms with E-state index in [4.69, 9.17) is 5.73 Å². The van der Waals surface area contributed by atoms with Gasteiger partial charge in [-0.15, -0.1) is 0 Å². The second kappa shape index (κ2) is 13.4. The van der Waals surface area contributed by atoms with E-state index >= 15 is 0 Å². The fourth-order valence-corrected chi connectivity index (χ4v) is 4.85. The Hall–Kier alpha value is -3.75. The Bertz CT molecular complexity index is 1200. The lowest BCUT2D eigenvalue weighted by molar-refractivity contribution is -0.129. The maximum Gasteiger partial charge on any atom is 0.407 e. The molecule has 0 fully saturated rings. The van der Waals surface area contributed by atoms with Crippen LogP contribution < -0.4 is 11.1 Å². The van der Waals surface area contributed by atoms with Crippen molar-refractivity contribution >= 4 is 12.0 Å². The number of hydrogen-bond donors (Lipinski definition) is 4. The summed E-state index contributed by atoms with van der Waals surface area (Å²) >= 11 is 0. The zero-order valence-corrected chi connectivity index (χ0v) is 23.1. The molecule has 0 aliphatic heterocycles. The van der Waals surface area contributed by atoms with E-state index in [-0.39, 0.29) is 6.42 Å². The molecule has 39 heavy (non-hydrogen) atoms. The predicted molar refractivity (Wildman–Crippen MR) is 153 cm³/mol. The average molecular weight is 533 g/mol. The van der Waals surface area contributed by atoms with E-state index in [1.807, 2.05) is 93.6 Å². The Morgan fingerprint density at radius 1 is 0.949 bits per heavy atom. The van der Waals surface area contributed by atoms with Crippen molar-refractivity contribution in [3.05, 3.63) is 90.1 Å².